The summed E-state index contributed by atoms with van der Waals surface area (Å²) in [6.07, 6.45) is 1.80. The van der Waals surface area contributed by atoms with Crippen LogP contribution in [0.3, 0.4) is 0 Å². The molecule has 1 saturated heterocycles. The summed E-state index contributed by atoms with van der Waals surface area (Å²) in [4.78, 5) is 14.0. The van der Waals surface area contributed by atoms with Crippen molar-refractivity contribution in [2.45, 2.75) is 32.7 Å². The average molecular weight is 231 g/mol. The second kappa shape index (κ2) is 5.46. The third kappa shape index (κ3) is 2.95. The number of hydrogen-bond donors (Lipinski definition) is 0. The maximum absolute atomic E-state index is 11.6. The standard InChI is InChI=1S/C15H21NO/c1-12-13(2)16(11-9-15(12)17)10-8-14-6-4-3-5-7-14/h3-7,12-13H,8-11H2,1-2H3/t12-,13-/m0/s1. The van der Waals surface area contributed by atoms with Gasteiger partial charge in [-0.15, -0.1) is 0 Å². The fraction of sp³-hybridized carbons (Fsp3) is 0.533. The van der Waals surface area contributed by atoms with E-state index in [1.807, 2.05) is 6.07 Å². The Balaban J connectivity index is 1.89. The summed E-state index contributed by atoms with van der Waals surface area (Å²) in [5, 5.41) is 0. The van der Waals surface area contributed by atoms with E-state index in [4.69, 9.17) is 0 Å². The molecule has 92 valence electrons. The van der Waals surface area contributed by atoms with E-state index < -0.39 is 0 Å². The lowest BCUT2D eigenvalue weighted by Crippen LogP contribution is -2.47. The molecule has 2 heteroatoms. The highest BCUT2D eigenvalue weighted by molar-refractivity contribution is 5.82. The number of nitrogens with zero attached hydrogens (tertiary/aromatic N) is 1. The van der Waals surface area contributed by atoms with Crippen molar-refractivity contribution in [1.29, 1.82) is 0 Å². The predicted octanol–water partition coefficient (Wildman–Crippen LogP) is 2.53. The van der Waals surface area contributed by atoms with Crippen LogP contribution < -0.4 is 0 Å². The zero-order valence-electron chi connectivity index (χ0n) is 10.7. The zero-order chi connectivity index (χ0) is 12.3. The summed E-state index contributed by atoms with van der Waals surface area (Å²) in [7, 11) is 0. The van der Waals surface area contributed by atoms with Crippen LogP contribution in [-0.2, 0) is 11.2 Å². The molecule has 0 unspecified atom stereocenters. The second-order valence-electron chi connectivity index (χ2n) is 5.02. The Labute approximate surface area is 104 Å². The van der Waals surface area contributed by atoms with Crippen molar-refractivity contribution in [1.82, 2.24) is 4.90 Å². The minimum atomic E-state index is 0.194. The Hall–Kier alpha value is -1.15. The van der Waals surface area contributed by atoms with Gasteiger partial charge >= 0.3 is 0 Å². The third-order valence-electron chi connectivity index (χ3n) is 3.98. The first kappa shape index (κ1) is 12.3. The van der Waals surface area contributed by atoms with Gasteiger partial charge in [0.25, 0.3) is 0 Å². The van der Waals surface area contributed by atoms with Crippen molar-refractivity contribution in [3.8, 4) is 0 Å². The molecular formula is C15H21NO. The maximum atomic E-state index is 11.6. The van der Waals surface area contributed by atoms with Gasteiger partial charge in [0.2, 0.25) is 0 Å². The highest BCUT2D eigenvalue weighted by Crippen LogP contribution is 2.20. The first-order valence-corrected chi connectivity index (χ1v) is 6.49. The molecule has 1 heterocycles. The van der Waals surface area contributed by atoms with E-state index in [1.165, 1.54) is 5.56 Å². The van der Waals surface area contributed by atoms with Crippen molar-refractivity contribution in [3.05, 3.63) is 35.9 Å². The monoisotopic (exact) mass is 231 g/mol. The summed E-state index contributed by atoms with van der Waals surface area (Å²) >= 11 is 0. The molecule has 1 aliphatic rings. The van der Waals surface area contributed by atoms with Gasteiger partial charge in [-0.3, -0.25) is 9.69 Å². The van der Waals surface area contributed by atoms with Gasteiger partial charge in [-0.25, -0.2) is 0 Å². The summed E-state index contributed by atoms with van der Waals surface area (Å²) < 4.78 is 0. The van der Waals surface area contributed by atoms with E-state index in [2.05, 4.69) is 43.0 Å². The van der Waals surface area contributed by atoms with Crippen molar-refractivity contribution in [2.75, 3.05) is 13.1 Å². The van der Waals surface area contributed by atoms with E-state index in [9.17, 15) is 4.79 Å². The number of ketones is 1. The number of rotatable bonds is 3. The molecular weight excluding hydrogens is 210 g/mol. The molecule has 17 heavy (non-hydrogen) atoms. The highest BCUT2D eigenvalue weighted by Gasteiger charge is 2.30. The van der Waals surface area contributed by atoms with Crippen LogP contribution in [0.5, 0.6) is 0 Å². The van der Waals surface area contributed by atoms with Crippen LogP contribution >= 0.6 is 0 Å². The number of hydrogen-bond acceptors (Lipinski definition) is 2. The Kier molecular flexibility index (Phi) is 3.95. The van der Waals surface area contributed by atoms with Crippen LogP contribution in [0.25, 0.3) is 0 Å². The lowest BCUT2D eigenvalue weighted by molar-refractivity contribution is -0.127. The molecule has 1 aromatic carbocycles. The molecule has 0 amide bonds. The predicted molar refractivity (Wildman–Crippen MR) is 70.0 cm³/mol. The van der Waals surface area contributed by atoms with Gasteiger partial charge in [0, 0.05) is 31.5 Å². The van der Waals surface area contributed by atoms with Gasteiger partial charge in [-0.2, -0.15) is 0 Å². The van der Waals surface area contributed by atoms with Crippen molar-refractivity contribution < 1.29 is 4.79 Å². The van der Waals surface area contributed by atoms with Crippen LogP contribution in [0.1, 0.15) is 25.8 Å². The Morgan fingerprint density at radius 1 is 1.24 bits per heavy atom. The molecule has 0 spiro atoms. The normalized spacial score (nSPS) is 26.1. The third-order valence-corrected chi connectivity index (χ3v) is 3.98. The van der Waals surface area contributed by atoms with Crippen LogP contribution in [0.15, 0.2) is 30.3 Å². The van der Waals surface area contributed by atoms with Gasteiger partial charge in [0.1, 0.15) is 5.78 Å². The number of piperidine rings is 1. The summed E-state index contributed by atoms with van der Waals surface area (Å²) in [5.41, 5.74) is 1.38. The highest BCUT2D eigenvalue weighted by atomic mass is 16.1. The lowest BCUT2D eigenvalue weighted by atomic mass is 9.90. The topological polar surface area (TPSA) is 20.3 Å². The lowest BCUT2D eigenvalue weighted by Gasteiger charge is -2.36. The first-order chi connectivity index (χ1) is 8.18. The summed E-state index contributed by atoms with van der Waals surface area (Å²) in [6.45, 7) is 6.22. The smallest absolute Gasteiger partial charge is 0.138 e. The number of carbonyl (C=O) groups is 1. The minimum absolute atomic E-state index is 0.194. The molecule has 1 aliphatic heterocycles. The van der Waals surface area contributed by atoms with E-state index in [0.29, 0.717) is 11.8 Å². The van der Waals surface area contributed by atoms with E-state index in [-0.39, 0.29) is 5.92 Å². The van der Waals surface area contributed by atoms with E-state index in [0.717, 1.165) is 25.9 Å². The minimum Gasteiger partial charge on any atom is -0.299 e. The molecule has 2 rings (SSSR count). The summed E-state index contributed by atoms with van der Waals surface area (Å²) in [6, 6.07) is 10.9. The summed E-state index contributed by atoms with van der Waals surface area (Å²) in [5.74, 6) is 0.619. The molecule has 0 aliphatic carbocycles. The average Bonchev–Trinajstić information content (AvgIpc) is 2.36. The molecule has 1 aromatic rings. The number of carbonyl (C=O) groups excluding carboxylic acids is 1. The van der Waals surface area contributed by atoms with Crippen molar-refractivity contribution in [3.63, 3.8) is 0 Å². The molecule has 0 radical (unpaired) electrons. The van der Waals surface area contributed by atoms with E-state index >= 15 is 0 Å². The Morgan fingerprint density at radius 3 is 2.65 bits per heavy atom. The molecule has 1 fully saturated rings. The molecule has 0 aromatic heterocycles. The quantitative estimate of drug-likeness (QED) is 0.796. The van der Waals surface area contributed by atoms with Gasteiger partial charge < -0.3 is 0 Å². The first-order valence-electron chi connectivity index (χ1n) is 6.49. The molecule has 0 N–H and O–H groups in total. The number of Topliss-reactive ketones (excluding diaryl/α,β-unsaturated/α-hetero) is 1. The SMILES string of the molecule is C[C@@H]1C(=O)CCN(CCc2ccccc2)[C@H]1C. The van der Waals surface area contributed by atoms with Crippen LogP contribution in [0.2, 0.25) is 0 Å². The van der Waals surface area contributed by atoms with Gasteiger partial charge in [0.05, 0.1) is 0 Å². The fourth-order valence-corrected chi connectivity index (χ4v) is 2.50. The Bertz CT molecular complexity index is 374. The van der Waals surface area contributed by atoms with Crippen LogP contribution in [0, 0.1) is 5.92 Å². The largest absolute Gasteiger partial charge is 0.299 e. The molecule has 2 atom stereocenters. The zero-order valence-corrected chi connectivity index (χ0v) is 10.7. The fourth-order valence-electron chi connectivity index (χ4n) is 2.50. The van der Waals surface area contributed by atoms with Crippen LogP contribution in [0.4, 0.5) is 0 Å². The van der Waals surface area contributed by atoms with Crippen molar-refractivity contribution in [2.24, 2.45) is 5.92 Å². The molecule has 2 nitrogen and oxygen atoms in total. The molecule has 0 bridgehead atoms. The maximum Gasteiger partial charge on any atom is 0.138 e. The van der Waals surface area contributed by atoms with Crippen LogP contribution in [-0.4, -0.2) is 29.8 Å². The van der Waals surface area contributed by atoms with Crippen molar-refractivity contribution >= 4 is 5.78 Å². The second-order valence-corrected chi connectivity index (χ2v) is 5.02. The Morgan fingerprint density at radius 2 is 1.94 bits per heavy atom. The van der Waals surface area contributed by atoms with Gasteiger partial charge in [-0.1, -0.05) is 37.3 Å². The van der Waals surface area contributed by atoms with E-state index in [1.54, 1.807) is 0 Å². The van der Waals surface area contributed by atoms with Gasteiger partial charge in [-0.05, 0) is 18.9 Å². The van der Waals surface area contributed by atoms with Gasteiger partial charge in [0.15, 0.2) is 0 Å². The molecule has 0 saturated carbocycles. The number of likely N-dealkylation sites (tertiary alicyclic amines) is 1. The number of benzene rings is 1.